The van der Waals surface area contributed by atoms with Crippen molar-refractivity contribution in [3.63, 3.8) is 0 Å². The number of anilines is 1. The van der Waals surface area contributed by atoms with Crippen molar-refractivity contribution in [2.45, 2.75) is 39.2 Å². The molecule has 1 aromatic carbocycles. The number of carbonyl (C=O) groups excluding carboxylic acids is 2. The number of hydrogen-bond acceptors (Lipinski definition) is 5. The summed E-state index contributed by atoms with van der Waals surface area (Å²) in [6.45, 7) is 7.44. The second kappa shape index (κ2) is 7.99. The van der Waals surface area contributed by atoms with Gasteiger partial charge >= 0.3 is 12.1 Å². The fourth-order valence-corrected chi connectivity index (χ4v) is 2.36. The van der Waals surface area contributed by atoms with Crippen LogP contribution in [-0.2, 0) is 9.47 Å². The molecule has 1 atom stereocenters. The minimum Gasteiger partial charge on any atom is -0.464 e. The van der Waals surface area contributed by atoms with Crippen LogP contribution in [0.5, 0.6) is 0 Å². The minimum absolute atomic E-state index is 0.0183. The van der Waals surface area contributed by atoms with Gasteiger partial charge in [0.15, 0.2) is 0 Å². The van der Waals surface area contributed by atoms with E-state index in [0.29, 0.717) is 5.69 Å². The van der Waals surface area contributed by atoms with E-state index in [2.05, 4.69) is 10.3 Å². The number of nitrogens with one attached hydrogen (secondary N) is 1. The number of methoxy groups -OCH3 is 1. The Hall–Kier alpha value is -2.89. The molecule has 1 aromatic heterocycles. The largest absolute Gasteiger partial charge is 0.464 e. The summed E-state index contributed by atoms with van der Waals surface area (Å²) in [5, 5.41) is 2.70. The third-order valence-electron chi connectivity index (χ3n) is 3.66. The summed E-state index contributed by atoms with van der Waals surface area (Å²) in [6, 6.07) is 12.7. The molecule has 0 aliphatic carbocycles. The van der Waals surface area contributed by atoms with Crippen LogP contribution in [0.15, 0.2) is 42.5 Å². The van der Waals surface area contributed by atoms with Crippen molar-refractivity contribution < 1.29 is 19.1 Å². The lowest BCUT2D eigenvalue weighted by molar-refractivity contribution is 0.0591. The molecule has 0 radical (unpaired) electrons. The molecule has 1 amide bonds. The third-order valence-corrected chi connectivity index (χ3v) is 3.66. The van der Waals surface area contributed by atoms with E-state index in [1.54, 1.807) is 24.3 Å². The summed E-state index contributed by atoms with van der Waals surface area (Å²) < 4.78 is 9.94. The molecular weight excluding hydrogens is 332 g/mol. The second-order valence-electron chi connectivity index (χ2n) is 6.91. The number of benzene rings is 1. The lowest BCUT2D eigenvalue weighted by atomic mass is 9.97. The zero-order valence-electron chi connectivity index (χ0n) is 15.7. The van der Waals surface area contributed by atoms with Crippen molar-refractivity contribution in [2.24, 2.45) is 0 Å². The second-order valence-corrected chi connectivity index (χ2v) is 6.91. The molecule has 1 heterocycles. The Kier molecular flexibility index (Phi) is 5.97. The molecule has 0 aliphatic rings. The molecule has 0 saturated carbocycles. The Labute approximate surface area is 153 Å². The number of amides is 1. The van der Waals surface area contributed by atoms with Crippen molar-refractivity contribution in [1.82, 2.24) is 4.98 Å². The Morgan fingerprint density at radius 2 is 1.73 bits per heavy atom. The van der Waals surface area contributed by atoms with Gasteiger partial charge in [-0.15, -0.1) is 0 Å². The monoisotopic (exact) mass is 356 g/mol. The molecule has 1 unspecified atom stereocenters. The summed E-state index contributed by atoms with van der Waals surface area (Å²) in [4.78, 5) is 27.8. The first-order valence-electron chi connectivity index (χ1n) is 8.35. The highest BCUT2D eigenvalue weighted by atomic mass is 16.6. The van der Waals surface area contributed by atoms with E-state index in [1.807, 2.05) is 45.9 Å². The van der Waals surface area contributed by atoms with Crippen LogP contribution in [0.1, 0.15) is 55.4 Å². The first-order chi connectivity index (χ1) is 12.2. The zero-order chi connectivity index (χ0) is 19.3. The Morgan fingerprint density at radius 3 is 2.31 bits per heavy atom. The van der Waals surface area contributed by atoms with Crippen LogP contribution in [0.4, 0.5) is 10.5 Å². The molecule has 0 bridgehead atoms. The van der Waals surface area contributed by atoms with Gasteiger partial charge in [-0.05, 0) is 50.6 Å². The van der Waals surface area contributed by atoms with Crippen LogP contribution in [0, 0.1) is 0 Å². The molecule has 138 valence electrons. The van der Waals surface area contributed by atoms with Gasteiger partial charge in [0, 0.05) is 17.3 Å². The molecule has 2 aromatic rings. The van der Waals surface area contributed by atoms with Gasteiger partial charge in [0.1, 0.15) is 11.3 Å². The quantitative estimate of drug-likeness (QED) is 0.823. The Bertz CT molecular complexity index is 779. The Balaban J connectivity index is 2.10. The number of carbonyl (C=O) groups is 2. The van der Waals surface area contributed by atoms with Crippen molar-refractivity contribution in [3.05, 3.63) is 59.4 Å². The van der Waals surface area contributed by atoms with E-state index in [4.69, 9.17) is 9.47 Å². The van der Waals surface area contributed by atoms with Crippen LogP contribution in [0.25, 0.3) is 0 Å². The first-order valence-corrected chi connectivity index (χ1v) is 8.35. The summed E-state index contributed by atoms with van der Waals surface area (Å²) in [5.41, 5.74) is 2.15. The van der Waals surface area contributed by atoms with Gasteiger partial charge < -0.3 is 9.47 Å². The van der Waals surface area contributed by atoms with Gasteiger partial charge in [-0.2, -0.15) is 0 Å². The SMILES string of the molecule is COC(=O)c1cccc(C(C)c2ccc(NC(=O)OC(C)(C)C)cc2)n1. The smallest absolute Gasteiger partial charge is 0.412 e. The highest BCUT2D eigenvalue weighted by Crippen LogP contribution is 2.24. The molecule has 0 saturated heterocycles. The van der Waals surface area contributed by atoms with Crippen LogP contribution in [-0.4, -0.2) is 29.8 Å². The number of nitrogens with zero attached hydrogens (tertiary/aromatic N) is 1. The maximum Gasteiger partial charge on any atom is 0.412 e. The van der Waals surface area contributed by atoms with Crippen molar-refractivity contribution in [2.75, 3.05) is 12.4 Å². The average molecular weight is 356 g/mol. The molecule has 1 N–H and O–H groups in total. The van der Waals surface area contributed by atoms with E-state index in [9.17, 15) is 9.59 Å². The predicted octanol–water partition coefficient (Wildman–Crippen LogP) is 4.37. The normalized spacial score (nSPS) is 12.2. The van der Waals surface area contributed by atoms with Gasteiger partial charge in [-0.25, -0.2) is 14.6 Å². The maximum absolute atomic E-state index is 11.8. The molecule has 6 heteroatoms. The molecule has 0 fully saturated rings. The van der Waals surface area contributed by atoms with E-state index in [-0.39, 0.29) is 11.6 Å². The number of hydrogen-bond donors (Lipinski definition) is 1. The number of pyridine rings is 1. The lowest BCUT2D eigenvalue weighted by Crippen LogP contribution is -2.27. The summed E-state index contributed by atoms with van der Waals surface area (Å²) in [7, 11) is 1.33. The summed E-state index contributed by atoms with van der Waals surface area (Å²) in [5.74, 6) is -0.480. The highest BCUT2D eigenvalue weighted by molar-refractivity contribution is 5.87. The zero-order valence-corrected chi connectivity index (χ0v) is 15.7. The van der Waals surface area contributed by atoms with Crippen molar-refractivity contribution in [1.29, 1.82) is 0 Å². The van der Waals surface area contributed by atoms with Crippen LogP contribution in [0.2, 0.25) is 0 Å². The molecule has 6 nitrogen and oxygen atoms in total. The van der Waals surface area contributed by atoms with Gasteiger partial charge in [0.05, 0.1) is 7.11 Å². The number of aromatic nitrogens is 1. The van der Waals surface area contributed by atoms with E-state index >= 15 is 0 Å². The summed E-state index contributed by atoms with van der Waals surface area (Å²) >= 11 is 0. The van der Waals surface area contributed by atoms with E-state index < -0.39 is 17.7 Å². The molecular formula is C20H24N2O4. The van der Waals surface area contributed by atoms with Crippen molar-refractivity contribution >= 4 is 17.7 Å². The summed E-state index contributed by atoms with van der Waals surface area (Å²) in [6.07, 6.45) is -0.495. The fourth-order valence-electron chi connectivity index (χ4n) is 2.36. The van der Waals surface area contributed by atoms with Crippen LogP contribution < -0.4 is 5.32 Å². The van der Waals surface area contributed by atoms with Crippen molar-refractivity contribution in [3.8, 4) is 0 Å². The van der Waals surface area contributed by atoms with E-state index in [0.717, 1.165) is 11.3 Å². The number of esters is 1. The van der Waals surface area contributed by atoms with E-state index in [1.165, 1.54) is 7.11 Å². The molecule has 0 spiro atoms. The third kappa shape index (κ3) is 5.31. The number of rotatable bonds is 4. The Morgan fingerprint density at radius 1 is 1.08 bits per heavy atom. The van der Waals surface area contributed by atoms with Crippen LogP contribution >= 0.6 is 0 Å². The van der Waals surface area contributed by atoms with Gasteiger partial charge in [-0.3, -0.25) is 5.32 Å². The molecule has 26 heavy (non-hydrogen) atoms. The molecule has 0 aliphatic heterocycles. The first kappa shape index (κ1) is 19.4. The standard InChI is InChI=1S/C20H24N2O4/c1-13(16-7-6-8-17(22-16)18(23)25-5)14-9-11-15(12-10-14)21-19(24)26-20(2,3)4/h6-13H,1-5H3,(H,21,24). The fraction of sp³-hybridized carbons (Fsp3) is 0.350. The van der Waals surface area contributed by atoms with Crippen LogP contribution in [0.3, 0.4) is 0 Å². The topological polar surface area (TPSA) is 77.5 Å². The van der Waals surface area contributed by atoms with Gasteiger partial charge in [-0.1, -0.05) is 25.1 Å². The molecule has 2 rings (SSSR count). The highest BCUT2D eigenvalue weighted by Gasteiger charge is 2.17. The minimum atomic E-state index is -0.547. The number of ether oxygens (including phenoxy) is 2. The van der Waals surface area contributed by atoms with Gasteiger partial charge in [0.25, 0.3) is 0 Å². The van der Waals surface area contributed by atoms with Gasteiger partial charge in [0.2, 0.25) is 0 Å². The lowest BCUT2D eigenvalue weighted by Gasteiger charge is -2.20. The average Bonchev–Trinajstić information content (AvgIpc) is 2.59. The maximum atomic E-state index is 11.8. The predicted molar refractivity (Wildman–Crippen MR) is 99.4 cm³/mol.